The van der Waals surface area contributed by atoms with Gasteiger partial charge in [0, 0.05) is 23.5 Å². The van der Waals surface area contributed by atoms with Gasteiger partial charge in [0.25, 0.3) is 0 Å². The highest BCUT2D eigenvalue weighted by atomic mass is 16.1. The summed E-state index contributed by atoms with van der Waals surface area (Å²) in [5.41, 5.74) is 7.39. The van der Waals surface area contributed by atoms with Crippen molar-refractivity contribution >= 4 is 22.5 Å². The molecule has 0 spiro atoms. The number of rotatable bonds is 4. The van der Waals surface area contributed by atoms with E-state index in [1.54, 1.807) is 6.20 Å². The summed E-state index contributed by atoms with van der Waals surface area (Å²) < 4.78 is 0. The van der Waals surface area contributed by atoms with Crippen LogP contribution in [0.1, 0.15) is 19.8 Å². The van der Waals surface area contributed by atoms with Crippen molar-refractivity contribution in [1.29, 1.82) is 0 Å². The number of hydrogen-bond acceptors (Lipinski definition) is 3. The Labute approximate surface area is 99.4 Å². The number of hydrogen-bond donors (Lipinski definition) is 3. The molecule has 0 saturated carbocycles. The predicted molar refractivity (Wildman–Crippen MR) is 67.6 cm³/mol. The van der Waals surface area contributed by atoms with E-state index in [1.165, 1.54) is 0 Å². The molecule has 17 heavy (non-hydrogen) atoms. The molecule has 1 atom stereocenters. The number of aromatic amines is 1. The fourth-order valence-corrected chi connectivity index (χ4v) is 1.61. The lowest BCUT2D eigenvalue weighted by molar-refractivity contribution is -0.116. The zero-order valence-corrected chi connectivity index (χ0v) is 9.73. The largest absolute Gasteiger partial charge is 0.327 e. The Morgan fingerprint density at radius 3 is 3.18 bits per heavy atom. The molecular formula is C12H16N4O. The van der Waals surface area contributed by atoms with E-state index < -0.39 is 0 Å². The van der Waals surface area contributed by atoms with E-state index in [0.717, 1.165) is 23.0 Å². The maximum Gasteiger partial charge on any atom is 0.225 e. The average molecular weight is 232 g/mol. The number of anilines is 1. The molecule has 90 valence electrons. The van der Waals surface area contributed by atoms with Crippen LogP contribution in [0.2, 0.25) is 0 Å². The minimum absolute atomic E-state index is 0.0572. The molecule has 0 radical (unpaired) electrons. The van der Waals surface area contributed by atoms with Crippen molar-refractivity contribution in [3.05, 3.63) is 24.4 Å². The first-order valence-corrected chi connectivity index (χ1v) is 5.67. The molecule has 4 N–H and O–H groups in total. The number of nitrogens with two attached hydrogens (primary N) is 1. The zero-order chi connectivity index (χ0) is 12.3. The van der Waals surface area contributed by atoms with Gasteiger partial charge in [-0.1, -0.05) is 6.92 Å². The third-order valence-corrected chi connectivity index (χ3v) is 2.70. The predicted octanol–water partition coefficient (Wildman–Crippen LogP) is 1.63. The third kappa shape index (κ3) is 2.82. The number of carbonyl (C=O) groups excluding carboxylic acids is 1. The van der Waals surface area contributed by atoms with Crippen molar-refractivity contribution < 1.29 is 4.79 Å². The Morgan fingerprint density at radius 1 is 1.59 bits per heavy atom. The smallest absolute Gasteiger partial charge is 0.225 e. The van der Waals surface area contributed by atoms with E-state index in [2.05, 4.69) is 15.5 Å². The summed E-state index contributed by atoms with van der Waals surface area (Å²) in [5.74, 6) is -0.0572. The number of amides is 1. The lowest BCUT2D eigenvalue weighted by Gasteiger charge is -2.09. The van der Waals surface area contributed by atoms with E-state index in [0.29, 0.717) is 6.42 Å². The van der Waals surface area contributed by atoms with Gasteiger partial charge in [-0.05, 0) is 24.6 Å². The monoisotopic (exact) mass is 232 g/mol. The molecule has 1 amide bonds. The fraction of sp³-hybridized carbons (Fsp3) is 0.333. The molecule has 0 saturated heterocycles. The molecule has 2 rings (SSSR count). The molecule has 1 aromatic heterocycles. The third-order valence-electron chi connectivity index (χ3n) is 2.70. The molecule has 1 aromatic carbocycles. The first-order valence-electron chi connectivity index (χ1n) is 5.67. The minimum atomic E-state index is -0.0779. The molecule has 5 heteroatoms. The summed E-state index contributed by atoms with van der Waals surface area (Å²) in [6, 6.07) is 5.55. The van der Waals surface area contributed by atoms with Crippen LogP contribution in [0, 0.1) is 0 Å². The standard InChI is InChI=1S/C12H16N4O/c1-2-9(13)5-12(17)15-10-4-3-8-7-14-16-11(8)6-10/h3-4,6-7,9H,2,5,13H2,1H3,(H,14,16)(H,15,17). The number of fused-ring (bicyclic) bond motifs is 1. The second-order valence-electron chi connectivity index (χ2n) is 4.09. The van der Waals surface area contributed by atoms with Gasteiger partial charge < -0.3 is 11.1 Å². The summed E-state index contributed by atoms with van der Waals surface area (Å²) in [7, 11) is 0. The molecule has 0 aliphatic heterocycles. The van der Waals surface area contributed by atoms with E-state index >= 15 is 0 Å². The number of benzene rings is 1. The summed E-state index contributed by atoms with van der Waals surface area (Å²) >= 11 is 0. The van der Waals surface area contributed by atoms with Gasteiger partial charge in [-0.2, -0.15) is 5.10 Å². The van der Waals surface area contributed by atoms with Gasteiger partial charge in [-0.15, -0.1) is 0 Å². The van der Waals surface area contributed by atoms with Crippen molar-refractivity contribution in [1.82, 2.24) is 10.2 Å². The van der Waals surface area contributed by atoms with Crippen LogP contribution in [-0.4, -0.2) is 22.1 Å². The number of H-pyrrole nitrogens is 1. The first-order chi connectivity index (χ1) is 8.19. The Balaban J connectivity index is 2.05. The molecule has 5 nitrogen and oxygen atoms in total. The summed E-state index contributed by atoms with van der Waals surface area (Å²) in [5, 5.41) is 10.6. The van der Waals surface area contributed by atoms with Crippen molar-refractivity contribution in [2.24, 2.45) is 5.73 Å². The molecule has 0 bridgehead atoms. The highest BCUT2D eigenvalue weighted by molar-refractivity contribution is 5.93. The zero-order valence-electron chi connectivity index (χ0n) is 9.73. The van der Waals surface area contributed by atoms with Crippen LogP contribution in [0.15, 0.2) is 24.4 Å². The lowest BCUT2D eigenvalue weighted by atomic mass is 10.1. The number of nitrogens with one attached hydrogen (secondary N) is 2. The van der Waals surface area contributed by atoms with Gasteiger partial charge in [0.15, 0.2) is 0 Å². The number of aromatic nitrogens is 2. The molecular weight excluding hydrogens is 216 g/mol. The van der Waals surface area contributed by atoms with Gasteiger partial charge in [0.05, 0.1) is 11.7 Å². The summed E-state index contributed by atoms with van der Waals surface area (Å²) in [6.07, 6.45) is 2.89. The van der Waals surface area contributed by atoms with Crippen LogP contribution >= 0.6 is 0 Å². The number of carbonyl (C=O) groups is 1. The quantitative estimate of drug-likeness (QED) is 0.749. The van der Waals surface area contributed by atoms with E-state index in [-0.39, 0.29) is 11.9 Å². The average Bonchev–Trinajstić information content (AvgIpc) is 2.75. The Morgan fingerprint density at radius 2 is 2.41 bits per heavy atom. The van der Waals surface area contributed by atoms with Gasteiger partial charge in [-0.3, -0.25) is 9.89 Å². The topological polar surface area (TPSA) is 83.8 Å². The minimum Gasteiger partial charge on any atom is -0.327 e. The van der Waals surface area contributed by atoms with Crippen molar-refractivity contribution in [3.63, 3.8) is 0 Å². The van der Waals surface area contributed by atoms with Crippen LogP contribution in [0.25, 0.3) is 10.9 Å². The van der Waals surface area contributed by atoms with Gasteiger partial charge in [0.1, 0.15) is 0 Å². The van der Waals surface area contributed by atoms with Gasteiger partial charge in [-0.25, -0.2) is 0 Å². The second-order valence-corrected chi connectivity index (χ2v) is 4.09. The molecule has 0 aliphatic carbocycles. The maximum atomic E-state index is 11.6. The van der Waals surface area contributed by atoms with Crippen LogP contribution in [0.3, 0.4) is 0 Å². The van der Waals surface area contributed by atoms with Crippen molar-refractivity contribution in [2.45, 2.75) is 25.8 Å². The van der Waals surface area contributed by atoms with E-state index in [4.69, 9.17) is 5.73 Å². The normalized spacial score (nSPS) is 12.6. The maximum absolute atomic E-state index is 11.6. The molecule has 1 heterocycles. The molecule has 0 aliphatic rings. The van der Waals surface area contributed by atoms with Crippen LogP contribution in [-0.2, 0) is 4.79 Å². The van der Waals surface area contributed by atoms with Gasteiger partial charge in [0.2, 0.25) is 5.91 Å². The van der Waals surface area contributed by atoms with Crippen molar-refractivity contribution in [3.8, 4) is 0 Å². The highest BCUT2D eigenvalue weighted by Gasteiger charge is 2.08. The first kappa shape index (κ1) is 11.6. The van der Waals surface area contributed by atoms with Crippen LogP contribution in [0.5, 0.6) is 0 Å². The second kappa shape index (κ2) is 4.97. The van der Waals surface area contributed by atoms with E-state index in [1.807, 2.05) is 25.1 Å². The van der Waals surface area contributed by atoms with Crippen LogP contribution < -0.4 is 11.1 Å². The SMILES string of the molecule is CCC(N)CC(=O)Nc1ccc2cn[nH]c2c1. The Hall–Kier alpha value is -1.88. The van der Waals surface area contributed by atoms with Crippen LogP contribution in [0.4, 0.5) is 5.69 Å². The molecule has 2 aromatic rings. The van der Waals surface area contributed by atoms with E-state index in [9.17, 15) is 4.79 Å². The summed E-state index contributed by atoms with van der Waals surface area (Å²) in [4.78, 5) is 11.6. The number of nitrogens with zero attached hydrogens (tertiary/aromatic N) is 1. The molecule has 0 fully saturated rings. The Bertz CT molecular complexity index is 520. The summed E-state index contributed by atoms with van der Waals surface area (Å²) in [6.45, 7) is 1.97. The highest BCUT2D eigenvalue weighted by Crippen LogP contribution is 2.16. The van der Waals surface area contributed by atoms with Crippen molar-refractivity contribution in [2.75, 3.05) is 5.32 Å². The van der Waals surface area contributed by atoms with Gasteiger partial charge >= 0.3 is 0 Å². The lowest BCUT2D eigenvalue weighted by Crippen LogP contribution is -2.26. The Kier molecular flexibility index (Phi) is 3.39. The fourth-order valence-electron chi connectivity index (χ4n) is 1.61. The molecule has 1 unspecified atom stereocenters.